The first kappa shape index (κ1) is 17.7. The number of anilines is 1. The Labute approximate surface area is 165 Å². The summed E-state index contributed by atoms with van der Waals surface area (Å²) in [6.45, 7) is 2.20. The largest absolute Gasteiger partial charge is 0.340 e. The average molecular weight is 397 g/mol. The van der Waals surface area contributed by atoms with E-state index in [0.29, 0.717) is 31.1 Å². The molecule has 28 heavy (non-hydrogen) atoms. The van der Waals surface area contributed by atoms with Gasteiger partial charge in [0.1, 0.15) is 0 Å². The van der Waals surface area contributed by atoms with Crippen molar-refractivity contribution in [1.82, 2.24) is 14.3 Å². The van der Waals surface area contributed by atoms with Gasteiger partial charge in [0.15, 0.2) is 0 Å². The zero-order valence-corrected chi connectivity index (χ0v) is 16.6. The lowest BCUT2D eigenvalue weighted by molar-refractivity contribution is 0.383. The number of rotatable bonds is 3. The van der Waals surface area contributed by atoms with Gasteiger partial charge in [0.2, 0.25) is 16.0 Å². The third-order valence-electron chi connectivity index (χ3n) is 5.87. The van der Waals surface area contributed by atoms with E-state index in [4.69, 9.17) is 0 Å². The van der Waals surface area contributed by atoms with Crippen LogP contribution in [0.4, 0.5) is 5.95 Å². The van der Waals surface area contributed by atoms with E-state index >= 15 is 0 Å². The number of benzene rings is 2. The molecule has 2 heterocycles. The van der Waals surface area contributed by atoms with E-state index in [1.54, 1.807) is 10.4 Å². The average Bonchev–Trinajstić information content (AvgIpc) is 3.18. The van der Waals surface area contributed by atoms with E-state index in [1.807, 2.05) is 36.4 Å². The highest BCUT2D eigenvalue weighted by atomic mass is 32.2. The fourth-order valence-corrected chi connectivity index (χ4v) is 5.72. The maximum Gasteiger partial charge on any atom is 0.243 e. The number of nitrogens with zero attached hydrogens (tertiary/aromatic N) is 3. The smallest absolute Gasteiger partial charge is 0.243 e. The molecule has 7 heteroatoms. The molecule has 0 atom stereocenters. The van der Waals surface area contributed by atoms with E-state index < -0.39 is 10.0 Å². The summed E-state index contributed by atoms with van der Waals surface area (Å²) < 4.78 is 27.9. The van der Waals surface area contributed by atoms with Gasteiger partial charge in [-0.1, -0.05) is 18.2 Å². The summed E-state index contributed by atoms with van der Waals surface area (Å²) in [6.07, 6.45) is 4.39. The Hall–Kier alpha value is -2.38. The maximum absolute atomic E-state index is 13.1. The van der Waals surface area contributed by atoms with Crippen LogP contribution in [0, 0.1) is 0 Å². The highest BCUT2D eigenvalue weighted by Gasteiger charge is 2.30. The van der Waals surface area contributed by atoms with Crippen LogP contribution in [0.2, 0.25) is 0 Å². The molecule has 1 aliphatic heterocycles. The van der Waals surface area contributed by atoms with Gasteiger partial charge in [-0.25, -0.2) is 13.4 Å². The number of hydrogen-bond donors (Lipinski definition) is 1. The Bertz CT molecular complexity index is 1080. The first-order valence-electron chi connectivity index (χ1n) is 9.93. The summed E-state index contributed by atoms with van der Waals surface area (Å²) in [7, 11) is -3.45. The lowest BCUT2D eigenvalue weighted by atomic mass is 9.92. The van der Waals surface area contributed by atoms with Crippen molar-refractivity contribution in [3.8, 4) is 0 Å². The van der Waals surface area contributed by atoms with Crippen molar-refractivity contribution < 1.29 is 8.42 Å². The molecule has 0 unspecified atom stereocenters. The molecule has 0 spiro atoms. The van der Waals surface area contributed by atoms with Gasteiger partial charge < -0.3 is 9.88 Å². The molecule has 3 aromatic rings. The molecule has 1 aliphatic carbocycles. The van der Waals surface area contributed by atoms with Gasteiger partial charge in [-0.3, -0.25) is 0 Å². The Balaban J connectivity index is 1.33. The van der Waals surface area contributed by atoms with Crippen molar-refractivity contribution in [2.75, 3.05) is 31.1 Å². The molecule has 0 radical (unpaired) electrons. The minimum absolute atomic E-state index is 0.435. The molecular formula is C21H24N4O2S. The van der Waals surface area contributed by atoms with Crippen molar-refractivity contribution in [1.29, 1.82) is 0 Å². The van der Waals surface area contributed by atoms with Crippen LogP contribution >= 0.6 is 0 Å². The summed E-state index contributed by atoms with van der Waals surface area (Å²) >= 11 is 0. The number of nitrogens with one attached hydrogen (secondary N) is 1. The van der Waals surface area contributed by atoms with Crippen LogP contribution in [-0.4, -0.2) is 48.9 Å². The number of aromatic amines is 1. The Kier molecular flexibility index (Phi) is 4.36. The molecule has 1 saturated heterocycles. The molecule has 2 aromatic carbocycles. The van der Waals surface area contributed by atoms with Gasteiger partial charge in [0.25, 0.3) is 0 Å². The molecule has 2 aliphatic rings. The van der Waals surface area contributed by atoms with Crippen molar-refractivity contribution >= 4 is 27.0 Å². The Morgan fingerprint density at radius 2 is 1.64 bits per heavy atom. The van der Waals surface area contributed by atoms with Gasteiger partial charge in [-0.2, -0.15) is 4.31 Å². The molecular weight excluding hydrogens is 372 g/mol. The number of aryl methyl sites for hydroxylation is 2. The molecule has 1 fully saturated rings. The van der Waals surface area contributed by atoms with Crippen LogP contribution < -0.4 is 4.90 Å². The first-order chi connectivity index (χ1) is 13.6. The number of aromatic nitrogens is 2. The topological polar surface area (TPSA) is 69.3 Å². The van der Waals surface area contributed by atoms with Crippen molar-refractivity contribution in [3.05, 3.63) is 53.6 Å². The quantitative estimate of drug-likeness (QED) is 0.739. The zero-order chi connectivity index (χ0) is 19.1. The van der Waals surface area contributed by atoms with Crippen LogP contribution in [0.3, 0.4) is 0 Å². The number of para-hydroxylation sites is 2. The number of sulfonamides is 1. The molecule has 0 saturated carbocycles. The predicted octanol–water partition coefficient (Wildman–Crippen LogP) is 2.95. The SMILES string of the molecule is O=S(=O)(c1ccc2c(c1)CCCC2)N1CCN(c2nc3ccccc3[nH]2)CC1. The Morgan fingerprint density at radius 3 is 2.43 bits per heavy atom. The van der Waals surface area contributed by atoms with Crippen LogP contribution in [0.1, 0.15) is 24.0 Å². The van der Waals surface area contributed by atoms with Gasteiger partial charge >= 0.3 is 0 Å². The van der Waals surface area contributed by atoms with Gasteiger partial charge in [-0.05, 0) is 61.1 Å². The molecule has 146 valence electrons. The summed E-state index contributed by atoms with van der Waals surface area (Å²) in [5.41, 5.74) is 4.44. The van der Waals surface area contributed by atoms with E-state index in [1.165, 1.54) is 17.5 Å². The monoisotopic (exact) mass is 396 g/mol. The van der Waals surface area contributed by atoms with E-state index in [-0.39, 0.29) is 0 Å². The maximum atomic E-state index is 13.1. The van der Waals surface area contributed by atoms with Crippen LogP contribution in [0.5, 0.6) is 0 Å². The van der Waals surface area contributed by atoms with E-state index in [9.17, 15) is 8.42 Å². The minimum atomic E-state index is -3.45. The van der Waals surface area contributed by atoms with Gasteiger partial charge in [0.05, 0.1) is 15.9 Å². The third-order valence-corrected chi connectivity index (χ3v) is 7.77. The molecule has 0 bridgehead atoms. The fraction of sp³-hybridized carbons (Fsp3) is 0.381. The lowest BCUT2D eigenvalue weighted by Crippen LogP contribution is -2.49. The van der Waals surface area contributed by atoms with Crippen LogP contribution in [0.15, 0.2) is 47.4 Å². The minimum Gasteiger partial charge on any atom is -0.340 e. The zero-order valence-electron chi connectivity index (χ0n) is 15.8. The lowest BCUT2D eigenvalue weighted by Gasteiger charge is -2.34. The fourth-order valence-electron chi connectivity index (χ4n) is 4.25. The number of fused-ring (bicyclic) bond motifs is 2. The normalized spacial score (nSPS) is 18.4. The van der Waals surface area contributed by atoms with Crippen molar-refractivity contribution in [2.24, 2.45) is 0 Å². The molecule has 0 amide bonds. The number of H-pyrrole nitrogens is 1. The summed E-state index contributed by atoms with van der Waals surface area (Å²) in [5, 5.41) is 0. The molecule has 5 rings (SSSR count). The summed E-state index contributed by atoms with van der Waals surface area (Å²) in [5.74, 6) is 0.812. The van der Waals surface area contributed by atoms with E-state index in [0.717, 1.165) is 36.2 Å². The van der Waals surface area contributed by atoms with Crippen molar-refractivity contribution in [3.63, 3.8) is 0 Å². The van der Waals surface area contributed by atoms with Crippen LogP contribution in [0.25, 0.3) is 11.0 Å². The molecule has 1 aromatic heterocycles. The first-order valence-corrected chi connectivity index (χ1v) is 11.4. The highest BCUT2D eigenvalue weighted by molar-refractivity contribution is 7.89. The van der Waals surface area contributed by atoms with Gasteiger partial charge in [-0.15, -0.1) is 0 Å². The second-order valence-corrected chi connectivity index (χ2v) is 9.54. The second-order valence-electron chi connectivity index (χ2n) is 7.61. The predicted molar refractivity (Wildman–Crippen MR) is 110 cm³/mol. The third kappa shape index (κ3) is 3.08. The van der Waals surface area contributed by atoms with Crippen LogP contribution in [-0.2, 0) is 22.9 Å². The number of imidazole rings is 1. The second kappa shape index (κ2) is 6.90. The Morgan fingerprint density at radius 1 is 0.893 bits per heavy atom. The standard InChI is InChI=1S/C21H24N4O2S/c26-28(27,18-10-9-16-5-1-2-6-17(16)15-18)25-13-11-24(12-14-25)21-22-19-7-3-4-8-20(19)23-21/h3-4,7-10,15H,1-2,5-6,11-14H2,(H,22,23). The number of piperazine rings is 1. The summed E-state index contributed by atoms with van der Waals surface area (Å²) in [4.78, 5) is 10.5. The van der Waals surface area contributed by atoms with Crippen molar-refractivity contribution in [2.45, 2.75) is 30.6 Å². The molecule has 1 N–H and O–H groups in total. The van der Waals surface area contributed by atoms with Gasteiger partial charge in [0, 0.05) is 26.2 Å². The van der Waals surface area contributed by atoms with E-state index in [2.05, 4.69) is 14.9 Å². The highest BCUT2D eigenvalue weighted by Crippen LogP contribution is 2.27. The molecule has 6 nitrogen and oxygen atoms in total. The summed E-state index contributed by atoms with van der Waals surface area (Å²) in [6, 6.07) is 13.6. The number of hydrogen-bond acceptors (Lipinski definition) is 4.